The molecule has 6 heteroatoms. The lowest BCUT2D eigenvalue weighted by Crippen LogP contribution is -2.56. The van der Waals surface area contributed by atoms with Crippen LogP contribution in [0.3, 0.4) is 0 Å². The number of aliphatic hydroxyl groups excluding tert-OH is 3. The summed E-state index contributed by atoms with van der Waals surface area (Å²) in [4.78, 5) is 11.1. The zero-order chi connectivity index (χ0) is 10.0. The molecule has 0 bridgehead atoms. The quantitative estimate of drug-likeness (QED) is 0.453. The van der Waals surface area contributed by atoms with E-state index in [4.69, 9.17) is 9.84 Å². The molecule has 3 N–H and O–H groups in total. The van der Waals surface area contributed by atoms with Gasteiger partial charge in [-0.15, -0.1) is 0 Å². The molecule has 0 aromatic rings. The Balaban J connectivity index is 2.72. The van der Waals surface area contributed by atoms with Crippen molar-refractivity contribution in [3.63, 3.8) is 0 Å². The topological polar surface area (TPSA) is 96.2 Å². The van der Waals surface area contributed by atoms with Crippen molar-refractivity contribution in [3.8, 4) is 0 Å². The van der Waals surface area contributed by atoms with Crippen LogP contribution in [0.1, 0.15) is 0 Å². The van der Waals surface area contributed by atoms with Crippen LogP contribution in [0.15, 0.2) is 0 Å². The molecule has 4 atom stereocenters. The molecule has 0 amide bonds. The minimum absolute atomic E-state index is 0.481. The third kappa shape index (κ3) is 1.87. The second-order valence-corrected chi connectivity index (χ2v) is 2.76. The molecule has 1 rings (SSSR count). The van der Waals surface area contributed by atoms with Gasteiger partial charge in [-0.25, -0.2) is 0 Å². The highest BCUT2D eigenvalue weighted by Crippen LogP contribution is 2.17. The van der Waals surface area contributed by atoms with Crippen LogP contribution in [0.2, 0.25) is 0 Å². The van der Waals surface area contributed by atoms with Gasteiger partial charge in [-0.05, 0) is 0 Å². The van der Waals surface area contributed by atoms with Crippen LogP contribution in [0, 0.1) is 0 Å². The zero-order valence-corrected chi connectivity index (χ0v) is 7.08. The first-order valence-corrected chi connectivity index (χ1v) is 3.80. The Hall–Kier alpha value is -0.530. The third-order valence-electron chi connectivity index (χ3n) is 1.92. The molecule has 1 saturated heterocycles. The molecule has 0 aromatic heterocycles. The number of carbonyl (C=O) groups is 1. The summed E-state index contributed by atoms with van der Waals surface area (Å²) < 4.78 is 9.45. The number of carbonyl (C=O) groups excluding carboxylic acids is 1. The number of rotatable bonds is 2. The van der Waals surface area contributed by atoms with Crippen molar-refractivity contribution in [2.75, 3.05) is 13.7 Å². The van der Waals surface area contributed by atoms with Crippen LogP contribution in [0.4, 0.5) is 0 Å². The minimum Gasteiger partial charge on any atom is -0.394 e. The van der Waals surface area contributed by atoms with Crippen molar-refractivity contribution in [2.24, 2.45) is 0 Å². The Labute approximate surface area is 74.7 Å². The van der Waals surface area contributed by atoms with Crippen LogP contribution >= 0.6 is 0 Å². The highest BCUT2D eigenvalue weighted by Gasteiger charge is 2.43. The predicted molar refractivity (Wildman–Crippen MR) is 39.8 cm³/mol. The first-order valence-electron chi connectivity index (χ1n) is 3.80. The number of aliphatic hydroxyl groups is 3. The molecule has 76 valence electrons. The van der Waals surface area contributed by atoms with Crippen molar-refractivity contribution >= 4 is 5.78 Å². The van der Waals surface area contributed by atoms with E-state index in [0.717, 1.165) is 0 Å². The smallest absolute Gasteiger partial charge is 0.220 e. The highest BCUT2D eigenvalue weighted by atomic mass is 16.7. The summed E-state index contributed by atoms with van der Waals surface area (Å²) in [6.45, 7) is -0.481. The monoisotopic (exact) mass is 192 g/mol. The maximum atomic E-state index is 11.1. The number of methoxy groups -OCH3 is 1. The Kier molecular flexibility index (Phi) is 3.34. The zero-order valence-electron chi connectivity index (χ0n) is 7.08. The maximum Gasteiger partial charge on any atom is 0.220 e. The van der Waals surface area contributed by atoms with Crippen LogP contribution in [0.25, 0.3) is 0 Å². The van der Waals surface area contributed by atoms with Crippen LogP contribution in [-0.2, 0) is 14.3 Å². The molecular weight excluding hydrogens is 180 g/mol. The van der Waals surface area contributed by atoms with Crippen LogP contribution < -0.4 is 0 Å². The number of hydrogen-bond acceptors (Lipinski definition) is 6. The molecule has 4 unspecified atom stereocenters. The van der Waals surface area contributed by atoms with E-state index >= 15 is 0 Å². The van der Waals surface area contributed by atoms with E-state index in [1.807, 2.05) is 0 Å². The molecule has 1 fully saturated rings. The van der Waals surface area contributed by atoms with Gasteiger partial charge in [0.1, 0.15) is 18.3 Å². The van der Waals surface area contributed by atoms with E-state index in [1.165, 1.54) is 7.11 Å². The second kappa shape index (κ2) is 4.12. The number of hydrogen-bond donors (Lipinski definition) is 3. The first kappa shape index (κ1) is 10.6. The van der Waals surface area contributed by atoms with E-state index in [1.54, 1.807) is 0 Å². The van der Waals surface area contributed by atoms with Gasteiger partial charge >= 0.3 is 0 Å². The summed E-state index contributed by atoms with van der Waals surface area (Å²) >= 11 is 0. The Morgan fingerprint density at radius 2 is 2.15 bits per heavy atom. The average Bonchev–Trinajstić information content (AvgIpc) is 2.15. The van der Waals surface area contributed by atoms with Gasteiger partial charge in [-0.3, -0.25) is 4.79 Å². The van der Waals surface area contributed by atoms with Gasteiger partial charge in [-0.2, -0.15) is 0 Å². The third-order valence-corrected chi connectivity index (χ3v) is 1.92. The fourth-order valence-electron chi connectivity index (χ4n) is 1.14. The summed E-state index contributed by atoms with van der Waals surface area (Å²) in [5.41, 5.74) is 0. The van der Waals surface area contributed by atoms with Gasteiger partial charge < -0.3 is 24.8 Å². The van der Waals surface area contributed by atoms with E-state index < -0.39 is 37.0 Å². The Bertz CT molecular complexity index is 189. The lowest BCUT2D eigenvalue weighted by molar-refractivity contribution is -0.233. The van der Waals surface area contributed by atoms with E-state index in [9.17, 15) is 15.0 Å². The van der Waals surface area contributed by atoms with E-state index in [0.29, 0.717) is 0 Å². The Morgan fingerprint density at radius 1 is 1.54 bits per heavy atom. The normalized spacial score (nSPS) is 40.8. The molecule has 0 spiro atoms. The summed E-state index contributed by atoms with van der Waals surface area (Å²) in [7, 11) is 1.24. The lowest BCUT2D eigenvalue weighted by atomic mass is 10.0. The number of ketones is 1. The van der Waals surface area contributed by atoms with Crippen molar-refractivity contribution in [3.05, 3.63) is 0 Å². The standard InChI is InChI=1S/C7H12O6/c1-12-7-6(11)5(10)4(9)3(2-8)13-7/h3-5,7-10H,2H2,1H3. The number of Topliss-reactive ketones (excluding diaryl/α,β-unsaturated/α-hetero) is 1. The average molecular weight is 192 g/mol. The minimum atomic E-state index is -1.56. The van der Waals surface area contributed by atoms with Crippen LogP contribution in [-0.4, -0.2) is 59.4 Å². The molecule has 1 aliphatic rings. The molecule has 1 aliphatic heterocycles. The molecular formula is C7H12O6. The largest absolute Gasteiger partial charge is 0.394 e. The van der Waals surface area contributed by atoms with Crippen molar-refractivity contribution in [2.45, 2.75) is 24.6 Å². The van der Waals surface area contributed by atoms with Crippen molar-refractivity contribution < 1.29 is 29.6 Å². The fourth-order valence-corrected chi connectivity index (χ4v) is 1.14. The van der Waals surface area contributed by atoms with Gasteiger partial charge in [0.2, 0.25) is 12.1 Å². The molecule has 0 saturated carbocycles. The molecule has 1 heterocycles. The molecule has 6 nitrogen and oxygen atoms in total. The molecule has 13 heavy (non-hydrogen) atoms. The van der Waals surface area contributed by atoms with Crippen molar-refractivity contribution in [1.82, 2.24) is 0 Å². The fraction of sp³-hybridized carbons (Fsp3) is 0.857. The SMILES string of the molecule is COC1OC(CO)C(O)C(O)C1=O. The van der Waals surface area contributed by atoms with Gasteiger partial charge in [0.25, 0.3) is 0 Å². The van der Waals surface area contributed by atoms with Gasteiger partial charge in [-0.1, -0.05) is 0 Å². The second-order valence-electron chi connectivity index (χ2n) is 2.76. The predicted octanol–water partition coefficient (Wildman–Crippen LogP) is -2.36. The molecule has 0 aromatic carbocycles. The van der Waals surface area contributed by atoms with Crippen LogP contribution in [0.5, 0.6) is 0 Å². The summed E-state index contributed by atoms with van der Waals surface area (Å²) in [6, 6.07) is 0. The molecule has 0 aliphatic carbocycles. The lowest BCUT2D eigenvalue weighted by Gasteiger charge is -2.33. The van der Waals surface area contributed by atoms with E-state index in [2.05, 4.69) is 4.74 Å². The van der Waals surface area contributed by atoms with Gasteiger partial charge in [0, 0.05) is 7.11 Å². The summed E-state index contributed by atoms with van der Waals surface area (Å²) in [5, 5.41) is 27.1. The van der Waals surface area contributed by atoms with Gasteiger partial charge in [0.05, 0.1) is 6.61 Å². The summed E-state index contributed by atoms with van der Waals surface area (Å²) in [5.74, 6) is -0.736. The summed E-state index contributed by atoms with van der Waals surface area (Å²) in [6.07, 6.45) is -5.16. The number of ether oxygens (including phenoxy) is 2. The van der Waals surface area contributed by atoms with Gasteiger partial charge in [0.15, 0.2) is 0 Å². The maximum absolute atomic E-state index is 11.1. The highest BCUT2D eigenvalue weighted by molar-refractivity contribution is 5.87. The Morgan fingerprint density at radius 3 is 2.62 bits per heavy atom. The van der Waals surface area contributed by atoms with E-state index in [-0.39, 0.29) is 0 Å². The van der Waals surface area contributed by atoms with Crippen molar-refractivity contribution in [1.29, 1.82) is 0 Å². The molecule has 0 radical (unpaired) electrons. The first-order chi connectivity index (χ1) is 6.11.